The lowest BCUT2D eigenvalue weighted by Gasteiger charge is -2.28. The van der Waals surface area contributed by atoms with E-state index in [-0.39, 0.29) is 12.2 Å². The van der Waals surface area contributed by atoms with Crippen molar-refractivity contribution in [2.45, 2.75) is 49.5 Å². The minimum absolute atomic E-state index is 0.0776. The second-order valence-corrected chi connectivity index (χ2v) is 5.53. The molecule has 0 aromatic rings. The number of carboxylic acids is 1. The van der Waals surface area contributed by atoms with Crippen LogP contribution in [0.25, 0.3) is 0 Å². The van der Waals surface area contributed by atoms with E-state index in [2.05, 4.69) is 0 Å². The fourth-order valence-electron chi connectivity index (χ4n) is 1.14. The Kier molecular flexibility index (Phi) is 6.63. The Hall–Kier alpha value is -0.670. The third kappa shape index (κ3) is 5.02. The van der Waals surface area contributed by atoms with Crippen LogP contribution in [0.1, 0.15) is 26.2 Å². The summed E-state index contributed by atoms with van der Waals surface area (Å²) in [6.45, 7) is 1.35. The summed E-state index contributed by atoms with van der Waals surface area (Å²) < 4.78 is 86.1. The number of unbranched alkanes of at least 4 members (excludes halogenated alkanes) is 1. The largest absolute Gasteiger partial charge is 0.480 e. The first-order chi connectivity index (χ1) is 8.83. The fourth-order valence-corrected chi connectivity index (χ4v) is 2.01. The van der Waals surface area contributed by atoms with Crippen molar-refractivity contribution in [1.82, 2.24) is 0 Å². The number of carboxylic acid groups (broad SMARTS) is 1. The first-order valence-electron chi connectivity index (χ1n) is 5.49. The van der Waals surface area contributed by atoms with Gasteiger partial charge in [-0.3, -0.25) is 4.79 Å². The Balaban J connectivity index is 4.22. The molecule has 120 valence electrons. The van der Waals surface area contributed by atoms with Gasteiger partial charge in [0.1, 0.15) is 0 Å². The molecule has 20 heavy (non-hydrogen) atoms. The fraction of sp³-hybridized carbons (Fsp3) is 0.900. The van der Waals surface area contributed by atoms with Gasteiger partial charge >= 0.3 is 24.0 Å². The molecule has 0 amide bonds. The number of aliphatic carboxylic acids is 1. The molecule has 2 nitrogen and oxygen atoms in total. The quantitative estimate of drug-likeness (QED) is 0.535. The van der Waals surface area contributed by atoms with Crippen LogP contribution >= 0.6 is 11.8 Å². The molecule has 0 rings (SSSR count). The Morgan fingerprint density at radius 2 is 1.60 bits per heavy atom. The summed E-state index contributed by atoms with van der Waals surface area (Å²) in [4.78, 5) is 10.4. The molecule has 0 aliphatic rings. The van der Waals surface area contributed by atoms with Crippen LogP contribution < -0.4 is 0 Å². The molecule has 0 aliphatic heterocycles. The highest BCUT2D eigenvalue weighted by Crippen LogP contribution is 2.48. The predicted molar refractivity (Wildman–Crippen MR) is 59.4 cm³/mol. The number of carbonyl (C=O) groups is 1. The lowest BCUT2D eigenvalue weighted by Crippen LogP contribution is -2.51. The van der Waals surface area contributed by atoms with Crippen molar-refractivity contribution >= 4 is 17.7 Å². The van der Waals surface area contributed by atoms with Crippen molar-refractivity contribution in [3.05, 3.63) is 0 Å². The summed E-state index contributed by atoms with van der Waals surface area (Å²) in [7, 11) is 0. The number of hydrogen-bond donors (Lipinski definition) is 1. The topological polar surface area (TPSA) is 37.3 Å². The summed E-state index contributed by atoms with van der Waals surface area (Å²) in [5, 5.41) is 7.70. The van der Waals surface area contributed by atoms with Crippen molar-refractivity contribution in [3.63, 3.8) is 0 Å². The normalized spacial score (nSPS) is 15.2. The Labute approximate surface area is 114 Å². The lowest BCUT2D eigenvalue weighted by molar-refractivity contribution is -0.355. The molecule has 0 spiro atoms. The molecule has 0 heterocycles. The van der Waals surface area contributed by atoms with E-state index in [0.29, 0.717) is 0 Å². The van der Waals surface area contributed by atoms with Gasteiger partial charge in [-0.2, -0.15) is 30.7 Å². The molecule has 10 heteroatoms. The molecule has 0 aliphatic carbocycles. The van der Waals surface area contributed by atoms with Crippen molar-refractivity contribution in [2.75, 3.05) is 5.75 Å². The molecular weight excluding hydrogens is 317 g/mol. The second kappa shape index (κ2) is 6.86. The van der Waals surface area contributed by atoms with Crippen molar-refractivity contribution in [2.24, 2.45) is 0 Å². The zero-order chi connectivity index (χ0) is 16.2. The highest BCUT2D eigenvalue weighted by atomic mass is 32.2. The van der Waals surface area contributed by atoms with E-state index in [4.69, 9.17) is 5.11 Å². The highest BCUT2D eigenvalue weighted by Gasteiger charge is 2.72. The molecule has 1 N–H and O–H groups in total. The molecule has 0 aromatic heterocycles. The summed E-state index contributed by atoms with van der Waals surface area (Å²) >= 11 is 0.894. The van der Waals surface area contributed by atoms with Gasteiger partial charge in [0, 0.05) is 6.42 Å². The van der Waals surface area contributed by atoms with E-state index in [0.717, 1.165) is 11.8 Å². The van der Waals surface area contributed by atoms with Crippen molar-refractivity contribution in [1.29, 1.82) is 0 Å². The van der Waals surface area contributed by atoms with Gasteiger partial charge in [-0.05, 0) is 25.5 Å². The van der Waals surface area contributed by atoms with Crippen LogP contribution in [0, 0.1) is 0 Å². The zero-order valence-electron chi connectivity index (χ0n) is 10.3. The maximum Gasteiger partial charge on any atom is 0.459 e. The molecule has 0 bridgehead atoms. The van der Waals surface area contributed by atoms with Gasteiger partial charge in [-0.25, -0.2) is 0 Å². The Morgan fingerprint density at radius 3 is 2.00 bits per heavy atom. The van der Waals surface area contributed by atoms with Crippen LogP contribution in [0.15, 0.2) is 0 Å². The standard InChI is InChI=1S/C10H13F7O2S/c1-6(7(18)19)20-5-3-2-4-8(11,12)9(13,14)10(15,16)17/h6H,2-5H2,1H3,(H,18,19). The summed E-state index contributed by atoms with van der Waals surface area (Å²) in [6.07, 6.45) is -8.55. The van der Waals surface area contributed by atoms with Gasteiger partial charge in [0.15, 0.2) is 0 Å². The van der Waals surface area contributed by atoms with E-state index in [1.165, 1.54) is 6.92 Å². The minimum atomic E-state index is -6.30. The van der Waals surface area contributed by atoms with Gasteiger partial charge in [0.25, 0.3) is 0 Å². The number of thioether (sulfide) groups is 1. The molecule has 1 unspecified atom stereocenters. The summed E-state index contributed by atoms with van der Waals surface area (Å²) in [5.41, 5.74) is 0. The third-order valence-electron chi connectivity index (χ3n) is 2.42. The monoisotopic (exact) mass is 330 g/mol. The third-order valence-corrected chi connectivity index (χ3v) is 3.64. The number of hydrogen-bond acceptors (Lipinski definition) is 2. The first-order valence-corrected chi connectivity index (χ1v) is 6.54. The number of rotatable bonds is 8. The van der Waals surface area contributed by atoms with Crippen molar-refractivity contribution < 1.29 is 40.6 Å². The maximum absolute atomic E-state index is 12.8. The second-order valence-electron chi connectivity index (χ2n) is 4.08. The molecule has 0 saturated carbocycles. The zero-order valence-corrected chi connectivity index (χ0v) is 11.1. The number of alkyl halides is 7. The first kappa shape index (κ1) is 19.3. The van der Waals surface area contributed by atoms with Gasteiger partial charge in [0.05, 0.1) is 5.25 Å². The molecule has 0 radical (unpaired) electrons. The molecule has 0 aromatic carbocycles. The Morgan fingerprint density at radius 1 is 1.10 bits per heavy atom. The van der Waals surface area contributed by atoms with E-state index >= 15 is 0 Å². The molecule has 1 atom stereocenters. The average molecular weight is 330 g/mol. The summed E-state index contributed by atoms with van der Waals surface area (Å²) in [6, 6.07) is 0. The molecular formula is C10H13F7O2S. The summed E-state index contributed by atoms with van der Waals surface area (Å²) in [5.74, 6) is -12.3. The smallest absolute Gasteiger partial charge is 0.459 e. The minimum Gasteiger partial charge on any atom is -0.480 e. The average Bonchev–Trinajstić information content (AvgIpc) is 2.26. The highest BCUT2D eigenvalue weighted by molar-refractivity contribution is 8.00. The van der Waals surface area contributed by atoms with Gasteiger partial charge in [-0.1, -0.05) is 0 Å². The van der Waals surface area contributed by atoms with E-state index in [9.17, 15) is 35.5 Å². The van der Waals surface area contributed by atoms with Gasteiger partial charge in [0.2, 0.25) is 0 Å². The molecule has 0 saturated heterocycles. The van der Waals surface area contributed by atoms with Crippen molar-refractivity contribution in [3.8, 4) is 0 Å². The predicted octanol–water partition coefficient (Wildman–Crippen LogP) is 4.20. The van der Waals surface area contributed by atoms with E-state index in [1.807, 2.05) is 0 Å². The van der Waals surface area contributed by atoms with Gasteiger partial charge in [-0.15, -0.1) is 11.8 Å². The molecule has 0 fully saturated rings. The van der Waals surface area contributed by atoms with Crippen LogP contribution in [-0.4, -0.2) is 40.1 Å². The van der Waals surface area contributed by atoms with Crippen LogP contribution in [0.4, 0.5) is 30.7 Å². The van der Waals surface area contributed by atoms with Crippen LogP contribution in [0.5, 0.6) is 0 Å². The number of halogens is 7. The SMILES string of the molecule is CC(SCCCCC(F)(F)C(F)(F)C(F)(F)F)C(=O)O. The van der Waals surface area contributed by atoms with E-state index in [1.54, 1.807) is 0 Å². The van der Waals surface area contributed by atoms with Gasteiger partial charge < -0.3 is 5.11 Å². The van der Waals surface area contributed by atoms with Crippen LogP contribution in [-0.2, 0) is 4.79 Å². The van der Waals surface area contributed by atoms with Crippen LogP contribution in [0.2, 0.25) is 0 Å². The lowest BCUT2D eigenvalue weighted by atomic mass is 10.0. The van der Waals surface area contributed by atoms with Crippen LogP contribution in [0.3, 0.4) is 0 Å². The Bertz CT molecular complexity index is 330. The van der Waals surface area contributed by atoms with E-state index < -0.39 is 42.1 Å². The maximum atomic E-state index is 12.8.